The van der Waals surface area contributed by atoms with Gasteiger partial charge in [0.05, 0.1) is 13.7 Å². The molecule has 0 saturated carbocycles. The lowest BCUT2D eigenvalue weighted by Gasteiger charge is -2.35. The Morgan fingerprint density at radius 2 is 1.83 bits per heavy atom. The Hall–Kier alpha value is -2.87. The van der Waals surface area contributed by atoms with E-state index < -0.39 is 0 Å². The second-order valence-corrected chi connectivity index (χ2v) is 7.34. The van der Waals surface area contributed by atoms with E-state index in [1.54, 1.807) is 20.3 Å². The highest BCUT2D eigenvalue weighted by Gasteiger charge is 2.25. The molecule has 1 aromatic heterocycles. The summed E-state index contributed by atoms with van der Waals surface area (Å²) in [6, 6.07) is 10.4. The third-order valence-corrected chi connectivity index (χ3v) is 5.22. The lowest BCUT2D eigenvalue weighted by Crippen LogP contribution is -2.51. The third kappa shape index (κ3) is 5.35. The number of aromatic nitrogens is 2. The number of ether oxygens (including phenoxy) is 1. The first-order valence-electron chi connectivity index (χ1n) is 9.85. The molecule has 29 heavy (non-hydrogen) atoms. The Bertz CT molecular complexity index is 828. The molecule has 1 saturated heterocycles. The number of amides is 2. The zero-order valence-electron chi connectivity index (χ0n) is 17.4. The van der Waals surface area contributed by atoms with Crippen molar-refractivity contribution in [2.45, 2.75) is 6.42 Å². The van der Waals surface area contributed by atoms with Gasteiger partial charge in [-0.05, 0) is 12.0 Å². The smallest absolute Gasteiger partial charge is 0.261 e. The van der Waals surface area contributed by atoms with Crippen molar-refractivity contribution in [1.29, 1.82) is 0 Å². The number of methoxy groups -OCH3 is 1. The van der Waals surface area contributed by atoms with Crippen molar-refractivity contribution in [2.24, 2.45) is 7.05 Å². The van der Waals surface area contributed by atoms with Gasteiger partial charge in [-0.15, -0.1) is 5.10 Å². The summed E-state index contributed by atoms with van der Waals surface area (Å²) < 4.78 is 6.67. The Balaban J connectivity index is 1.46. The Labute approximate surface area is 171 Å². The highest BCUT2D eigenvalue weighted by Crippen LogP contribution is 2.17. The lowest BCUT2D eigenvalue weighted by molar-refractivity contribution is -0.133. The number of piperazine rings is 1. The molecule has 1 aliphatic rings. The van der Waals surface area contributed by atoms with E-state index >= 15 is 0 Å². The van der Waals surface area contributed by atoms with Crippen molar-refractivity contribution in [1.82, 2.24) is 24.5 Å². The van der Waals surface area contributed by atoms with Crippen LogP contribution in [0.25, 0.3) is 0 Å². The van der Waals surface area contributed by atoms with Gasteiger partial charge in [0, 0.05) is 53.0 Å². The van der Waals surface area contributed by atoms with Gasteiger partial charge in [0.2, 0.25) is 11.8 Å². The predicted octanol–water partition coefficient (Wildman–Crippen LogP) is 0.888. The second kappa shape index (κ2) is 9.56. The highest BCUT2D eigenvalue weighted by atomic mass is 16.5. The quantitative estimate of drug-likeness (QED) is 0.692. The average Bonchev–Trinajstić information content (AvgIpc) is 3.13. The summed E-state index contributed by atoms with van der Waals surface area (Å²) in [6.07, 6.45) is 2.62. The molecule has 0 aliphatic carbocycles. The number of likely N-dealkylation sites (N-methyl/N-ethyl adjacent to an activating group) is 1. The van der Waals surface area contributed by atoms with Crippen LogP contribution in [0.15, 0.2) is 36.5 Å². The highest BCUT2D eigenvalue weighted by molar-refractivity contribution is 5.98. The summed E-state index contributed by atoms with van der Waals surface area (Å²) >= 11 is 0. The average molecular weight is 399 g/mol. The molecule has 1 aromatic carbocycles. The Kier molecular flexibility index (Phi) is 6.87. The molecule has 2 amide bonds. The molecule has 156 valence electrons. The lowest BCUT2D eigenvalue weighted by atomic mass is 10.1. The first-order chi connectivity index (χ1) is 14.0. The number of benzene rings is 1. The zero-order chi connectivity index (χ0) is 20.8. The van der Waals surface area contributed by atoms with Crippen LogP contribution >= 0.6 is 0 Å². The molecule has 1 fully saturated rings. The summed E-state index contributed by atoms with van der Waals surface area (Å²) in [5, 5.41) is 4.10. The third-order valence-electron chi connectivity index (χ3n) is 5.22. The number of aryl methyl sites for hydroxylation is 1. The molecular formula is C21H29N5O3. The molecule has 0 N–H and O–H groups in total. The van der Waals surface area contributed by atoms with E-state index in [0.29, 0.717) is 18.7 Å². The second-order valence-electron chi connectivity index (χ2n) is 7.34. The van der Waals surface area contributed by atoms with E-state index in [9.17, 15) is 9.59 Å². The normalized spacial score (nSPS) is 14.7. The summed E-state index contributed by atoms with van der Waals surface area (Å²) in [7, 11) is 4.83. The van der Waals surface area contributed by atoms with E-state index in [0.717, 1.165) is 26.1 Å². The monoisotopic (exact) mass is 399 g/mol. The van der Waals surface area contributed by atoms with Crippen LogP contribution in [0.3, 0.4) is 0 Å². The fourth-order valence-corrected chi connectivity index (χ4v) is 3.50. The van der Waals surface area contributed by atoms with Gasteiger partial charge in [-0.2, -0.15) is 0 Å². The van der Waals surface area contributed by atoms with Crippen molar-refractivity contribution < 1.29 is 14.3 Å². The fraction of sp³-hybridized carbons (Fsp3) is 0.476. The van der Waals surface area contributed by atoms with Gasteiger partial charge in [-0.3, -0.25) is 19.2 Å². The predicted molar refractivity (Wildman–Crippen MR) is 110 cm³/mol. The molecule has 0 radical (unpaired) electrons. The Morgan fingerprint density at radius 3 is 2.48 bits per heavy atom. The number of rotatable bonds is 7. The van der Waals surface area contributed by atoms with E-state index in [1.165, 1.54) is 22.3 Å². The molecule has 0 bridgehead atoms. The molecule has 3 rings (SSSR count). The van der Waals surface area contributed by atoms with Gasteiger partial charge in [0.1, 0.15) is 5.56 Å². The number of hydrogen-bond acceptors (Lipinski definition) is 5. The molecule has 0 atom stereocenters. The van der Waals surface area contributed by atoms with Gasteiger partial charge >= 0.3 is 0 Å². The van der Waals surface area contributed by atoms with E-state index in [2.05, 4.69) is 34.3 Å². The number of carbonyl (C=O) groups excluding carboxylic acids is 2. The van der Waals surface area contributed by atoms with Gasteiger partial charge in [0.15, 0.2) is 0 Å². The van der Waals surface area contributed by atoms with Crippen LogP contribution in [0, 0.1) is 0 Å². The van der Waals surface area contributed by atoms with Crippen molar-refractivity contribution in [2.75, 3.05) is 53.4 Å². The molecule has 2 heterocycles. The van der Waals surface area contributed by atoms with Gasteiger partial charge in [-0.25, -0.2) is 0 Å². The molecule has 0 spiro atoms. The van der Waals surface area contributed by atoms with Gasteiger partial charge in [-0.1, -0.05) is 30.3 Å². The largest absolute Gasteiger partial charge is 0.479 e. The van der Waals surface area contributed by atoms with Gasteiger partial charge in [0.25, 0.3) is 5.91 Å². The number of hydrogen-bond donors (Lipinski definition) is 0. The first kappa shape index (κ1) is 20.9. The minimum absolute atomic E-state index is 0.0357. The van der Waals surface area contributed by atoms with Crippen LogP contribution in [0.2, 0.25) is 0 Å². The van der Waals surface area contributed by atoms with Crippen LogP contribution in [0.4, 0.5) is 0 Å². The molecule has 1 aliphatic heterocycles. The molecular weight excluding hydrogens is 370 g/mol. The van der Waals surface area contributed by atoms with Gasteiger partial charge < -0.3 is 14.5 Å². The van der Waals surface area contributed by atoms with E-state index in [4.69, 9.17) is 4.74 Å². The molecule has 8 nitrogen and oxygen atoms in total. The van der Waals surface area contributed by atoms with Crippen LogP contribution in [0.1, 0.15) is 15.9 Å². The zero-order valence-corrected chi connectivity index (χ0v) is 17.4. The maximum atomic E-state index is 12.7. The van der Waals surface area contributed by atoms with Crippen molar-refractivity contribution in [3.05, 3.63) is 47.7 Å². The van der Waals surface area contributed by atoms with Crippen LogP contribution in [0.5, 0.6) is 5.88 Å². The van der Waals surface area contributed by atoms with Crippen LogP contribution in [-0.2, 0) is 18.3 Å². The summed E-state index contributed by atoms with van der Waals surface area (Å²) in [5.74, 6) is -0.0416. The van der Waals surface area contributed by atoms with Crippen molar-refractivity contribution >= 4 is 11.8 Å². The summed E-state index contributed by atoms with van der Waals surface area (Å²) in [5.41, 5.74) is 1.69. The number of nitrogens with zero attached hydrogens (tertiary/aromatic N) is 5. The van der Waals surface area contributed by atoms with E-state index in [-0.39, 0.29) is 24.2 Å². The van der Waals surface area contributed by atoms with E-state index in [1.807, 2.05) is 11.0 Å². The first-order valence-corrected chi connectivity index (χ1v) is 9.85. The van der Waals surface area contributed by atoms with Crippen LogP contribution < -0.4 is 4.74 Å². The topological polar surface area (TPSA) is 70.9 Å². The van der Waals surface area contributed by atoms with Crippen LogP contribution in [-0.4, -0.2) is 89.7 Å². The Morgan fingerprint density at radius 1 is 1.14 bits per heavy atom. The molecule has 2 aromatic rings. The fourth-order valence-electron chi connectivity index (χ4n) is 3.50. The molecule has 8 heteroatoms. The van der Waals surface area contributed by atoms with Crippen molar-refractivity contribution in [3.63, 3.8) is 0 Å². The standard InChI is InChI=1S/C21H29N5O3/c1-23(21(28)18-15-24(2)22-20(18)29-3)16-19(27)26-13-11-25(12-14-26)10-9-17-7-5-4-6-8-17/h4-8,15H,9-14,16H2,1-3H3. The minimum atomic E-state index is -0.273. The number of carbonyl (C=O) groups is 2. The maximum Gasteiger partial charge on any atom is 0.261 e. The van der Waals surface area contributed by atoms with Crippen molar-refractivity contribution in [3.8, 4) is 5.88 Å². The maximum absolute atomic E-state index is 12.7. The SMILES string of the molecule is COc1nn(C)cc1C(=O)N(C)CC(=O)N1CCN(CCc2ccccc2)CC1. The summed E-state index contributed by atoms with van der Waals surface area (Å²) in [4.78, 5) is 30.9. The summed E-state index contributed by atoms with van der Waals surface area (Å²) in [6.45, 7) is 4.11. The molecule has 0 unspecified atom stereocenters. The minimum Gasteiger partial charge on any atom is -0.479 e.